The van der Waals surface area contributed by atoms with Crippen molar-refractivity contribution in [1.29, 1.82) is 0 Å². The van der Waals surface area contributed by atoms with E-state index < -0.39 is 0 Å². The number of rotatable bonds is 8. The minimum atomic E-state index is 0.189. The zero-order chi connectivity index (χ0) is 13.5. The molecule has 1 fully saturated rings. The molecular weight excluding hydrogens is 242 g/mol. The number of aromatic nitrogens is 3. The SMILES string of the molecule is CCCn1ncnc1CN(CCO)CC1CCCN1. The third-order valence-corrected chi connectivity index (χ3v) is 3.55. The molecule has 0 spiro atoms. The molecule has 0 radical (unpaired) electrons. The molecule has 1 aromatic rings. The Balaban J connectivity index is 1.92. The largest absolute Gasteiger partial charge is 0.395 e. The van der Waals surface area contributed by atoms with Crippen molar-refractivity contribution < 1.29 is 5.11 Å². The lowest BCUT2D eigenvalue weighted by atomic mass is 10.2. The number of nitrogens with one attached hydrogen (secondary N) is 1. The van der Waals surface area contributed by atoms with Crippen molar-refractivity contribution in [3.05, 3.63) is 12.2 Å². The van der Waals surface area contributed by atoms with Gasteiger partial charge in [-0.2, -0.15) is 5.10 Å². The lowest BCUT2D eigenvalue weighted by Gasteiger charge is -2.24. The summed E-state index contributed by atoms with van der Waals surface area (Å²) in [6, 6.07) is 0.550. The standard InChI is InChI=1S/C13H25N5O/c1-2-6-18-13(15-11-16-18)10-17(7-8-19)9-12-4-3-5-14-12/h11-12,14,19H,2-10H2,1H3. The summed E-state index contributed by atoms with van der Waals surface area (Å²) in [5.74, 6) is 0.994. The van der Waals surface area contributed by atoms with E-state index in [0.717, 1.165) is 38.4 Å². The Morgan fingerprint density at radius 2 is 2.47 bits per heavy atom. The number of aliphatic hydroxyl groups is 1. The fraction of sp³-hybridized carbons (Fsp3) is 0.846. The molecule has 0 bridgehead atoms. The third-order valence-electron chi connectivity index (χ3n) is 3.55. The Morgan fingerprint density at radius 3 is 3.16 bits per heavy atom. The molecule has 2 heterocycles. The molecule has 1 saturated heterocycles. The van der Waals surface area contributed by atoms with E-state index in [-0.39, 0.29) is 6.61 Å². The zero-order valence-corrected chi connectivity index (χ0v) is 11.8. The first-order chi connectivity index (χ1) is 9.33. The third kappa shape index (κ3) is 4.26. The van der Waals surface area contributed by atoms with E-state index in [2.05, 4.69) is 27.2 Å². The van der Waals surface area contributed by atoms with E-state index in [1.807, 2.05) is 4.68 Å². The number of hydrogen-bond donors (Lipinski definition) is 2. The predicted molar refractivity (Wildman–Crippen MR) is 73.7 cm³/mol. The van der Waals surface area contributed by atoms with Crippen LogP contribution in [0.25, 0.3) is 0 Å². The van der Waals surface area contributed by atoms with E-state index in [1.54, 1.807) is 6.33 Å². The second-order valence-electron chi connectivity index (χ2n) is 5.15. The van der Waals surface area contributed by atoms with Crippen molar-refractivity contribution >= 4 is 0 Å². The Kier molecular flexibility index (Phi) is 5.75. The quantitative estimate of drug-likeness (QED) is 0.706. The first-order valence-corrected chi connectivity index (χ1v) is 7.26. The van der Waals surface area contributed by atoms with E-state index in [9.17, 15) is 5.11 Å². The van der Waals surface area contributed by atoms with Gasteiger partial charge in [-0.15, -0.1) is 0 Å². The van der Waals surface area contributed by atoms with Gasteiger partial charge in [0.25, 0.3) is 0 Å². The molecule has 0 saturated carbocycles. The molecule has 2 rings (SSSR count). The molecule has 1 atom stereocenters. The fourth-order valence-electron chi connectivity index (χ4n) is 2.61. The Bertz CT molecular complexity index is 362. The van der Waals surface area contributed by atoms with E-state index in [1.165, 1.54) is 12.8 Å². The second kappa shape index (κ2) is 7.57. The van der Waals surface area contributed by atoms with Gasteiger partial charge in [0.1, 0.15) is 12.2 Å². The Labute approximate surface area is 114 Å². The van der Waals surface area contributed by atoms with Crippen LogP contribution in [0.3, 0.4) is 0 Å². The fourth-order valence-corrected chi connectivity index (χ4v) is 2.61. The predicted octanol–water partition coefficient (Wildman–Crippen LogP) is 0.234. The molecule has 0 amide bonds. The lowest BCUT2D eigenvalue weighted by Crippen LogP contribution is -2.39. The van der Waals surface area contributed by atoms with Crippen molar-refractivity contribution in [3.63, 3.8) is 0 Å². The van der Waals surface area contributed by atoms with Crippen molar-refractivity contribution in [3.8, 4) is 0 Å². The minimum Gasteiger partial charge on any atom is -0.395 e. The van der Waals surface area contributed by atoms with Gasteiger partial charge in [0.05, 0.1) is 13.2 Å². The van der Waals surface area contributed by atoms with Crippen LogP contribution >= 0.6 is 0 Å². The molecule has 6 nitrogen and oxygen atoms in total. The summed E-state index contributed by atoms with van der Waals surface area (Å²) in [6.45, 7) is 6.77. The Hall–Kier alpha value is -0.980. The highest BCUT2D eigenvalue weighted by Gasteiger charge is 2.19. The molecule has 0 aromatic carbocycles. The van der Waals surface area contributed by atoms with Crippen LogP contribution in [-0.2, 0) is 13.1 Å². The van der Waals surface area contributed by atoms with Gasteiger partial charge in [0.2, 0.25) is 0 Å². The minimum absolute atomic E-state index is 0.189. The van der Waals surface area contributed by atoms with Gasteiger partial charge in [-0.25, -0.2) is 9.67 Å². The topological polar surface area (TPSA) is 66.2 Å². The van der Waals surface area contributed by atoms with Gasteiger partial charge >= 0.3 is 0 Å². The van der Waals surface area contributed by atoms with Gasteiger partial charge in [0.15, 0.2) is 0 Å². The smallest absolute Gasteiger partial charge is 0.141 e. The van der Waals surface area contributed by atoms with Crippen LogP contribution in [0.15, 0.2) is 6.33 Å². The van der Waals surface area contributed by atoms with Crippen molar-refractivity contribution in [2.24, 2.45) is 0 Å². The highest BCUT2D eigenvalue weighted by molar-refractivity contribution is 4.87. The summed E-state index contributed by atoms with van der Waals surface area (Å²) in [6.07, 6.45) is 5.16. The van der Waals surface area contributed by atoms with Gasteiger partial charge in [-0.1, -0.05) is 6.92 Å². The number of hydrogen-bond acceptors (Lipinski definition) is 5. The van der Waals surface area contributed by atoms with Crippen LogP contribution in [0, 0.1) is 0 Å². The maximum absolute atomic E-state index is 9.21. The maximum atomic E-state index is 9.21. The molecule has 1 unspecified atom stereocenters. The zero-order valence-electron chi connectivity index (χ0n) is 11.8. The molecular formula is C13H25N5O. The van der Waals surface area contributed by atoms with Crippen LogP contribution < -0.4 is 5.32 Å². The van der Waals surface area contributed by atoms with Gasteiger partial charge in [-0.3, -0.25) is 4.90 Å². The van der Waals surface area contributed by atoms with Crippen molar-refractivity contribution in [2.75, 3.05) is 26.2 Å². The average molecular weight is 267 g/mol. The summed E-state index contributed by atoms with van der Waals surface area (Å²) in [7, 11) is 0. The van der Waals surface area contributed by atoms with Crippen LogP contribution in [0.2, 0.25) is 0 Å². The molecule has 2 N–H and O–H groups in total. The molecule has 6 heteroatoms. The summed E-state index contributed by atoms with van der Waals surface area (Å²) in [5, 5.41) is 17.0. The van der Waals surface area contributed by atoms with E-state index in [0.29, 0.717) is 12.6 Å². The van der Waals surface area contributed by atoms with Gasteiger partial charge in [-0.05, 0) is 25.8 Å². The summed E-state index contributed by atoms with van der Waals surface area (Å²) < 4.78 is 1.96. The highest BCUT2D eigenvalue weighted by atomic mass is 16.3. The van der Waals surface area contributed by atoms with E-state index >= 15 is 0 Å². The molecule has 1 aromatic heterocycles. The van der Waals surface area contributed by atoms with Crippen LogP contribution in [0.4, 0.5) is 0 Å². The molecule has 1 aliphatic rings. The molecule has 1 aliphatic heterocycles. The van der Waals surface area contributed by atoms with Gasteiger partial charge < -0.3 is 10.4 Å². The first kappa shape index (κ1) is 14.4. The molecule has 19 heavy (non-hydrogen) atoms. The Morgan fingerprint density at radius 1 is 1.58 bits per heavy atom. The summed E-state index contributed by atoms with van der Waals surface area (Å²) >= 11 is 0. The summed E-state index contributed by atoms with van der Waals surface area (Å²) in [5.41, 5.74) is 0. The molecule has 0 aliphatic carbocycles. The van der Waals surface area contributed by atoms with Crippen LogP contribution in [0.1, 0.15) is 32.0 Å². The number of nitrogens with zero attached hydrogens (tertiary/aromatic N) is 4. The maximum Gasteiger partial charge on any atom is 0.141 e. The second-order valence-corrected chi connectivity index (χ2v) is 5.15. The normalized spacial score (nSPS) is 19.4. The number of aliphatic hydroxyl groups excluding tert-OH is 1. The monoisotopic (exact) mass is 267 g/mol. The van der Waals surface area contributed by atoms with Crippen LogP contribution in [0.5, 0.6) is 0 Å². The first-order valence-electron chi connectivity index (χ1n) is 7.26. The van der Waals surface area contributed by atoms with Gasteiger partial charge in [0, 0.05) is 25.7 Å². The van der Waals surface area contributed by atoms with Crippen molar-refractivity contribution in [1.82, 2.24) is 25.0 Å². The lowest BCUT2D eigenvalue weighted by molar-refractivity contribution is 0.174. The average Bonchev–Trinajstić information content (AvgIpc) is 3.03. The summed E-state index contributed by atoms with van der Waals surface area (Å²) in [4.78, 5) is 6.60. The molecule has 108 valence electrons. The van der Waals surface area contributed by atoms with Crippen molar-refractivity contribution in [2.45, 2.75) is 45.3 Å². The van der Waals surface area contributed by atoms with Crippen LogP contribution in [-0.4, -0.2) is 57.1 Å². The number of aryl methyl sites for hydroxylation is 1. The van der Waals surface area contributed by atoms with E-state index in [4.69, 9.17) is 0 Å². The highest BCUT2D eigenvalue weighted by Crippen LogP contribution is 2.09.